The highest BCUT2D eigenvalue weighted by molar-refractivity contribution is 5.72. The number of alkyl halides is 2. The van der Waals surface area contributed by atoms with Gasteiger partial charge in [-0.05, 0) is 0 Å². The summed E-state index contributed by atoms with van der Waals surface area (Å²) < 4.78 is 43.7. The van der Waals surface area contributed by atoms with Crippen molar-refractivity contribution in [1.29, 1.82) is 0 Å². The second kappa shape index (κ2) is 8.11. The molecule has 11 nitrogen and oxygen atoms in total. The number of nitrogens with two attached hydrogens (primary N) is 1. The first-order valence-electron chi connectivity index (χ1n) is 8.64. The molecule has 2 aromatic heterocycles. The Morgan fingerprint density at radius 1 is 1.38 bits per heavy atom. The molecular weight excluding hydrogens is 396 g/mol. The van der Waals surface area contributed by atoms with E-state index < -0.39 is 49.0 Å². The minimum Gasteiger partial charge on any atom is -0.463 e. The molecule has 3 atom stereocenters. The summed E-state index contributed by atoms with van der Waals surface area (Å²) in [7, 11) is 0. The van der Waals surface area contributed by atoms with Crippen LogP contribution in [0.3, 0.4) is 0 Å². The summed E-state index contributed by atoms with van der Waals surface area (Å²) in [6.45, 7) is 1.38. The Labute approximate surface area is 162 Å². The van der Waals surface area contributed by atoms with Gasteiger partial charge < -0.3 is 19.9 Å². The molecule has 3 heterocycles. The zero-order valence-corrected chi connectivity index (χ0v) is 15.6. The zero-order valence-electron chi connectivity index (χ0n) is 15.6. The third-order valence-corrected chi connectivity index (χ3v) is 4.23. The fourth-order valence-corrected chi connectivity index (χ4v) is 3.19. The molecule has 2 N–H and O–H groups in total. The van der Waals surface area contributed by atoms with Crippen molar-refractivity contribution >= 4 is 29.1 Å². The van der Waals surface area contributed by atoms with Crippen LogP contribution >= 0.6 is 0 Å². The Morgan fingerprint density at radius 3 is 2.72 bits per heavy atom. The van der Waals surface area contributed by atoms with Crippen molar-refractivity contribution in [2.75, 3.05) is 12.3 Å². The van der Waals surface area contributed by atoms with E-state index >= 15 is 0 Å². The smallest absolute Gasteiger partial charge is 0.332 e. The monoisotopic (exact) mass is 415 g/mol. The number of nitrogen functional groups attached to an aromatic ring is 1. The number of hydrogen-bond donors (Lipinski definition) is 1. The molecular formula is C16H19F2N5O6. The van der Waals surface area contributed by atoms with Gasteiger partial charge in [0, 0.05) is 20.3 Å². The molecule has 0 saturated carbocycles. The van der Waals surface area contributed by atoms with E-state index in [-0.39, 0.29) is 30.1 Å². The molecule has 1 fully saturated rings. The van der Waals surface area contributed by atoms with E-state index in [0.29, 0.717) is 0 Å². The van der Waals surface area contributed by atoms with Crippen molar-refractivity contribution in [2.45, 2.75) is 51.7 Å². The fourth-order valence-electron chi connectivity index (χ4n) is 3.19. The van der Waals surface area contributed by atoms with Gasteiger partial charge in [-0.15, -0.1) is 0 Å². The van der Waals surface area contributed by atoms with Crippen LogP contribution in [0, 0.1) is 0 Å². The molecule has 3 rings (SSSR count). The van der Waals surface area contributed by atoms with Crippen LogP contribution in [-0.4, -0.2) is 56.3 Å². The highest BCUT2D eigenvalue weighted by Crippen LogP contribution is 2.33. The summed E-state index contributed by atoms with van der Waals surface area (Å²) in [5.41, 5.74) is 4.73. The van der Waals surface area contributed by atoms with E-state index in [4.69, 9.17) is 19.9 Å². The molecule has 0 radical (unpaired) electrons. The van der Waals surface area contributed by atoms with Crippen molar-refractivity contribution in [2.24, 2.45) is 0 Å². The quantitative estimate of drug-likeness (QED) is 0.656. The molecule has 0 amide bonds. The third-order valence-electron chi connectivity index (χ3n) is 4.23. The lowest BCUT2D eigenvalue weighted by atomic mass is 10.2. The van der Waals surface area contributed by atoms with Gasteiger partial charge >= 0.3 is 17.6 Å². The second-order valence-electron chi connectivity index (χ2n) is 6.43. The van der Waals surface area contributed by atoms with Crippen molar-refractivity contribution in [3.05, 3.63) is 16.7 Å². The molecule has 0 aromatic carbocycles. The Kier molecular flexibility index (Phi) is 5.77. The van der Waals surface area contributed by atoms with E-state index in [9.17, 15) is 23.2 Å². The Balaban J connectivity index is 2.07. The number of carbonyl (C=O) groups excluding carboxylic acids is 2. The molecule has 1 saturated heterocycles. The van der Waals surface area contributed by atoms with E-state index in [0.717, 1.165) is 15.3 Å². The van der Waals surface area contributed by atoms with Gasteiger partial charge in [-0.2, -0.15) is 4.98 Å². The number of halogens is 2. The van der Waals surface area contributed by atoms with Crippen LogP contribution in [0.2, 0.25) is 0 Å². The summed E-state index contributed by atoms with van der Waals surface area (Å²) in [5.74, 6) is -1.35. The summed E-state index contributed by atoms with van der Waals surface area (Å²) >= 11 is 0. The number of ether oxygens (including phenoxy) is 3. The average molecular weight is 415 g/mol. The normalized spacial score (nSPS) is 21.6. The minimum atomic E-state index is -2.81. The van der Waals surface area contributed by atoms with Gasteiger partial charge in [-0.3, -0.25) is 14.2 Å². The molecule has 1 aliphatic heterocycles. The fraction of sp³-hybridized carbons (Fsp3) is 0.562. The summed E-state index contributed by atoms with van der Waals surface area (Å²) in [5, 5.41) is 0. The van der Waals surface area contributed by atoms with Crippen LogP contribution in [-0.2, 0) is 30.3 Å². The van der Waals surface area contributed by atoms with Gasteiger partial charge in [0.05, 0.1) is 18.8 Å². The van der Waals surface area contributed by atoms with Crippen molar-refractivity contribution < 1.29 is 32.6 Å². The number of nitrogens with zero attached hydrogens (tertiary/aromatic N) is 4. The number of anilines is 1. The number of fused-ring (bicyclic) bond motifs is 1. The largest absolute Gasteiger partial charge is 0.463 e. The zero-order chi connectivity index (χ0) is 21.3. The van der Waals surface area contributed by atoms with Crippen LogP contribution in [0.15, 0.2) is 11.0 Å². The molecule has 13 heteroatoms. The predicted octanol–water partition coefficient (Wildman–Crippen LogP) is 0.223. The molecule has 158 valence electrons. The number of hydrogen-bond acceptors (Lipinski definition) is 9. The van der Waals surface area contributed by atoms with Gasteiger partial charge in [0.25, 0.3) is 6.43 Å². The number of rotatable bonds is 6. The minimum absolute atomic E-state index is 0.0260. The molecule has 0 aliphatic carbocycles. The summed E-state index contributed by atoms with van der Waals surface area (Å²) in [6, 6.07) is 0. The Bertz CT molecular complexity index is 990. The molecule has 0 spiro atoms. The van der Waals surface area contributed by atoms with Crippen LogP contribution in [0.1, 0.15) is 26.5 Å². The maximum Gasteiger partial charge on any atom is 0.332 e. The van der Waals surface area contributed by atoms with Gasteiger partial charge in [0.15, 0.2) is 11.9 Å². The highest BCUT2D eigenvalue weighted by atomic mass is 19.3. The lowest BCUT2D eigenvalue weighted by Crippen LogP contribution is -2.34. The van der Waals surface area contributed by atoms with Crippen LogP contribution in [0.5, 0.6) is 0 Å². The average Bonchev–Trinajstić information content (AvgIpc) is 3.11. The topological polar surface area (TPSA) is 141 Å². The van der Waals surface area contributed by atoms with E-state index in [1.165, 1.54) is 13.8 Å². The van der Waals surface area contributed by atoms with E-state index in [1.54, 1.807) is 0 Å². The Morgan fingerprint density at radius 2 is 2.10 bits per heavy atom. The van der Waals surface area contributed by atoms with Gasteiger partial charge in [0.1, 0.15) is 18.2 Å². The first-order valence-corrected chi connectivity index (χ1v) is 8.64. The van der Waals surface area contributed by atoms with Crippen LogP contribution in [0.25, 0.3) is 11.2 Å². The number of esters is 2. The molecule has 29 heavy (non-hydrogen) atoms. The Hall–Kier alpha value is -3.09. The molecule has 0 bridgehead atoms. The van der Waals surface area contributed by atoms with Gasteiger partial charge in [-0.25, -0.2) is 23.1 Å². The number of imidazole rings is 1. The maximum atomic E-state index is 13.0. The standard InChI is InChI=1S/C16H19F2N5O6/c1-7(24)27-6-9-3-11(28-8(2)25)14(29-9)23-13-10(4-20-15(19)21-13)22(16(23)26)5-12(17)18/h4,9,11-12,14H,3,5-6H2,1-2H3,(H2,19,20,21)/t9-,11+,14+/m0/s1. The van der Waals surface area contributed by atoms with Gasteiger partial charge in [0.2, 0.25) is 5.95 Å². The van der Waals surface area contributed by atoms with Crippen molar-refractivity contribution in [3.8, 4) is 0 Å². The van der Waals surface area contributed by atoms with Crippen molar-refractivity contribution in [3.63, 3.8) is 0 Å². The SMILES string of the molecule is CC(=O)OC[C@@H]1C[C@@H](OC(C)=O)[C@H](n2c(=O)n(CC(F)F)c3cnc(N)nc32)O1. The van der Waals surface area contributed by atoms with E-state index in [1.807, 2.05) is 0 Å². The van der Waals surface area contributed by atoms with Crippen LogP contribution < -0.4 is 11.4 Å². The molecule has 1 aliphatic rings. The van der Waals surface area contributed by atoms with Crippen molar-refractivity contribution in [1.82, 2.24) is 19.1 Å². The first kappa shape index (κ1) is 20.6. The number of aromatic nitrogens is 4. The van der Waals surface area contributed by atoms with Crippen LogP contribution in [0.4, 0.5) is 14.7 Å². The summed E-state index contributed by atoms with van der Waals surface area (Å²) in [4.78, 5) is 43.2. The lowest BCUT2D eigenvalue weighted by Gasteiger charge is -2.19. The predicted molar refractivity (Wildman–Crippen MR) is 92.9 cm³/mol. The molecule has 2 aromatic rings. The van der Waals surface area contributed by atoms with E-state index in [2.05, 4.69) is 9.97 Å². The van der Waals surface area contributed by atoms with Gasteiger partial charge in [-0.1, -0.05) is 0 Å². The maximum absolute atomic E-state index is 13.0. The number of carbonyl (C=O) groups is 2. The first-order chi connectivity index (χ1) is 13.7. The molecule has 0 unspecified atom stereocenters. The highest BCUT2D eigenvalue weighted by Gasteiger charge is 2.41. The summed E-state index contributed by atoms with van der Waals surface area (Å²) in [6.07, 6.45) is -4.34. The second-order valence-corrected chi connectivity index (χ2v) is 6.43. The lowest BCUT2D eigenvalue weighted by molar-refractivity contribution is -0.153. The third kappa shape index (κ3) is 4.34.